The highest BCUT2D eigenvalue weighted by atomic mass is 16.6. The number of hydrogen-bond donors (Lipinski definition) is 0. The van der Waals surface area contributed by atoms with E-state index in [1.807, 2.05) is 6.92 Å². The first-order valence-corrected chi connectivity index (χ1v) is 4.71. The van der Waals surface area contributed by atoms with Crippen LogP contribution in [0.25, 0.3) is 5.69 Å². The molecule has 2 rings (SSSR count). The van der Waals surface area contributed by atoms with Crippen LogP contribution in [0.15, 0.2) is 24.5 Å². The molecule has 6 heteroatoms. The van der Waals surface area contributed by atoms with Crippen LogP contribution in [0.5, 0.6) is 0 Å². The van der Waals surface area contributed by atoms with E-state index >= 15 is 0 Å². The zero-order valence-corrected chi connectivity index (χ0v) is 8.91. The molecule has 0 aliphatic rings. The van der Waals surface area contributed by atoms with Crippen molar-refractivity contribution >= 4 is 5.69 Å². The molecule has 0 bridgehead atoms. The molecular weight excluding hydrogens is 208 g/mol. The predicted octanol–water partition coefficient (Wildman–Crippen LogP) is 1.79. The van der Waals surface area contributed by atoms with Crippen molar-refractivity contribution in [2.45, 2.75) is 13.8 Å². The van der Waals surface area contributed by atoms with E-state index in [0.29, 0.717) is 11.5 Å². The van der Waals surface area contributed by atoms with Gasteiger partial charge in [-0.15, -0.1) is 0 Å². The summed E-state index contributed by atoms with van der Waals surface area (Å²) in [5, 5.41) is 15.0. The van der Waals surface area contributed by atoms with E-state index in [9.17, 15) is 10.1 Å². The summed E-state index contributed by atoms with van der Waals surface area (Å²) in [7, 11) is 0. The summed E-state index contributed by atoms with van der Waals surface area (Å²) in [6.45, 7) is 3.54. The number of benzene rings is 1. The molecule has 0 saturated heterocycles. The minimum atomic E-state index is -0.417. The molecule has 1 aromatic heterocycles. The van der Waals surface area contributed by atoms with Gasteiger partial charge in [0.05, 0.1) is 4.92 Å². The maximum atomic E-state index is 10.9. The molecule has 0 spiro atoms. The highest BCUT2D eigenvalue weighted by molar-refractivity contribution is 5.53. The molecule has 0 saturated carbocycles. The Balaban J connectivity index is 2.60. The smallest absolute Gasteiger partial charge is 0.258 e. The van der Waals surface area contributed by atoms with Crippen LogP contribution in [0.1, 0.15) is 11.4 Å². The van der Waals surface area contributed by atoms with E-state index in [2.05, 4.69) is 10.1 Å². The predicted molar refractivity (Wildman–Crippen MR) is 57.5 cm³/mol. The van der Waals surface area contributed by atoms with Crippen LogP contribution in [-0.2, 0) is 0 Å². The van der Waals surface area contributed by atoms with E-state index < -0.39 is 4.92 Å². The zero-order chi connectivity index (χ0) is 11.7. The Morgan fingerprint density at radius 2 is 2.12 bits per heavy atom. The number of aryl methyl sites for hydroxylation is 2. The lowest BCUT2D eigenvalue weighted by Gasteiger charge is -2.02. The lowest BCUT2D eigenvalue weighted by molar-refractivity contribution is -0.384. The van der Waals surface area contributed by atoms with Crippen LogP contribution in [0, 0.1) is 24.0 Å². The summed E-state index contributed by atoms with van der Waals surface area (Å²) < 4.78 is 1.41. The molecule has 0 amide bonds. The van der Waals surface area contributed by atoms with E-state index in [0.717, 1.165) is 5.56 Å². The van der Waals surface area contributed by atoms with Gasteiger partial charge in [0.1, 0.15) is 17.8 Å². The molecule has 6 nitrogen and oxygen atoms in total. The summed E-state index contributed by atoms with van der Waals surface area (Å²) in [6, 6.07) is 4.99. The van der Waals surface area contributed by atoms with Gasteiger partial charge in [0.2, 0.25) is 0 Å². The first-order valence-electron chi connectivity index (χ1n) is 4.71. The van der Waals surface area contributed by atoms with Gasteiger partial charge in [0.15, 0.2) is 0 Å². The molecule has 0 atom stereocenters. The normalized spacial score (nSPS) is 10.4. The second-order valence-electron chi connectivity index (χ2n) is 3.49. The average molecular weight is 218 g/mol. The van der Waals surface area contributed by atoms with Gasteiger partial charge in [0.25, 0.3) is 5.69 Å². The van der Waals surface area contributed by atoms with Crippen molar-refractivity contribution in [1.29, 1.82) is 0 Å². The minimum Gasteiger partial charge on any atom is -0.258 e. The first-order chi connectivity index (χ1) is 7.58. The standard InChI is InChI=1S/C10H10N4O2/c1-7-3-4-9(10(5-7)14(15)16)13-6-11-8(2)12-13/h3-6H,1-2H3. The lowest BCUT2D eigenvalue weighted by Crippen LogP contribution is -2.01. The van der Waals surface area contributed by atoms with Crippen molar-refractivity contribution in [2.24, 2.45) is 0 Å². The molecule has 0 N–H and O–H groups in total. The average Bonchev–Trinajstić information content (AvgIpc) is 2.64. The van der Waals surface area contributed by atoms with Gasteiger partial charge in [0, 0.05) is 6.07 Å². The molecule has 0 aliphatic carbocycles. The number of nitro groups is 1. The minimum absolute atomic E-state index is 0.0323. The zero-order valence-electron chi connectivity index (χ0n) is 8.91. The monoisotopic (exact) mass is 218 g/mol. The largest absolute Gasteiger partial charge is 0.295 e. The van der Waals surface area contributed by atoms with Gasteiger partial charge in [-0.05, 0) is 25.5 Å². The van der Waals surface area contributed by atoms with Gasteiger partial charge >= 0.3 is 0 Å². The topological polar surface area (TPSA) is 73.8 Å². The second-order valence-corrected chi connectivity index (χ2v) is 3.49. The third-order valence-corrected chi connectivity index (χ3v) is 2.18. The van der Waals surface area contributed by atoms with Crippen LogP contribution >= 0.6 is 0 Å². The van der Waals surface area contributed by atoms with Crippen LogP contribution < -0.4 is 0 Å². The van der Waals surface area contributed by atoms with Gasteiger partial charge in [-0.2, -0.15) is 5.10 Å². The summed E-state index contributed by atoms with van der Waals surface area (Å²) in [4.78, 5) is 14.4. The van der Waals surface area contributed by atoms with Crippen LogP contribution in [-0.4, -0.2) is 19.7 Å². The number of aromatic nitrogens is 3. The van der Waals surface area contributed by atoms with E-state index in [-0.39, 0.29) is 5.69 Å². The molecule has 2 aromatic rings. The third kappa shape index (κ3) is 1.77. The summed E-state index contributed by atoms with van der Waals surface area (Å²) >= 11 is 0. The molecule has 0 radical (unpaired) electrons. The fourth-order valence-electron chi connectivity index (χ4n) is 1.44. The van der Waals surface area contributed by atoms with Crippen molar-refractivity contribution in [3.05, 3.63) is 46.0 Å². The number of nitrogens with zero attached hydrogens (tertiary/aromatic N) is 4. The molecule has 0 unspecified atom stereocenters. The van der Waals surface area contributed by atoms with Crippen molar-refractivity contribution in [1.82, 2.24) is 14.8 Å². The quantitative estimate of drug-likeness (QED) is 0.569. The maximum Gasteiger partial charge on any atom is 0.295 e. The number of hydrogen-bond acceptors (Lipinski definition) is 4. The Morgan fingerprint density at radius 1 is 1.38 bits per heavy atom. The number of nitro benzene ring substituents is 1. The molecule has 1 heterocycles. The Hall–Kier alpha value is -2.24. The Kier molecular flexibility index (Phi) is 2.40. The van der Waals surface area contributed by atoms with Gasteiger partial charge in [-0.1, -0.05) is 6.07 Å². The van der Waals surface area contributed by atoms with E-state index in [1.54, 1.807) is 19.1 Å². The molecule has 82 valence electrons. The fraction of sp³-hybridized carbons (Fsp3) is 0.200. The highest BCUT2D eigenvalue weighted by Crippen LogP contribution is 2.23. The molecule has 0 aliphatic heterocycles. The van der Waals surface area contributed by atoms with Crippen LogP contribution in [0.4, 0.5) is 5.69 Å². The Morgan fingerprint density at radius 3 is 2.69 bits per heavy atom. The SMILES string of the molecule is Cc1ccc(-n2cnc(C)n2)c([N+](=O)[O-])c1. The van der Waals surface area contributed by atoms with Gasteiger partial charge in [-0.3, -0.25) is 10.1 Å². The Bertz CT molecular complexity index is 548. The first kappa shape index (κ1) is 10.3. The second kappa shape index (κ2) is 3.73. The van der Waals surface area contributed by atoms with E-state index in [4.69, 9.17) is 0 Å². The van der Waals surface area contributed by atoms with Crippen LogP contribution in [0.2, 0.25) is 0 Å². The van der Waals surface area contributed by atoms with E-state index in [1.165, 1.54) is 17.1 Å². The third-order valence-electron chi connectivity index (χ3n) is 2.18. The summed E-state index contributed by atoms with van der Waals surface area (Å²) in [6.07, 6.45) is 1.47. The summed E-state index contributed by atoms with van der Waals surface area (Å²) in [5.74, 6) is 0.579. The van der Waals surface area contributed by atoms with Gasteiger partial charge in [-0.25, -0.2) is 9.67 Å². The van der Waals surface area contributed by atoms with Crippen LogP contribution in [0.3, 0.4) is 0 Å². The number of rotatable bonds is 2. The maximum absolute atomic E-state index is 10.9. The van der Waals surface area contributed by atoms with Crippen molar-refractivity contribution in [3.8, 4) is 5.69 Å². The highest BCUT2D eigenvalue weighted by Gasteiger charge is 2.16. The molecular formula is C10H10N4O2. The molecule has 16 heavy (non-hydrogen) atoms. The van der Waals surface area contributed by atoms with Crippen molar-refractivity contribution in [2.75, 3.05) is 0 Å². The van der Waals surface area contributed by atoms with Gasteiger partial charge < -0.3 is 0 Å². The van der Waals surface area contributed by atoms with Crippen molar-refractivity contribution in [3.63, 3.8) is 0 Å². The Labute approximate surface area is 91.7 Å². The lowest BCUT2D eigenvalue weighted by atomic mass is 10.2. The molecule has 0 fully saturated rings. The molecule has 1 aromatic carbocycles. The van der Waals surface area contributed by atoms with Crippen molar-refractivity contribution < 1.29 is 4.92 Å². The summed E-state index contributed by atoms with van der Waals surface area (Å²) in [5.41, 5.74) is 1.30. The fourth-order valence-corrected chi connectivity index (χ4v) is 1.44.